The maximum Gasteiger partial charge on any atom is 0.387 e. The number of carbonyl (C=O) groups is 1. The zero-order chi connectivity index (χ0) is 16.7. The predicted molar refractivity (Wildman–Crippen MR) is 86.3 cm³/mol. The van der Waals surface area contributed by atoms with Crippen molar-refractivity contribution in [2.75, 3.05) is 6.54 Å². The summed E-state index contributed by atoms with van der Waals surface area (Å²) in [5, 5.41) is 5.45. The molecule has 0 spiro atoms. The number of ether oxygens (including phenoxy) is 1. The fourth-order valence-electron chi connectivity index (χ4n) is 1.83. The van der Waals surface area contributed by atoms with Gasteiger partial charge in [0.15, 0.2) is 0 Å². The third-order valence-electron chi connectivity index (χ3n) is 2.90. The maximum absolute atomic E-state index is 12.0. The molecule has 0 radical (unpaired) electrons. The molecular formula is C15H15ClF2N2O2S. The monoisotopic (exact) mass is 360 g/mol. The fraction of sp³-hybridized carbons (Fsp3) is 0.267. The van der Waals surface area contributed by atoms with Gasteiger partial charge in [-0.05, 0) is 36.2 Å². The molecule has 2 rings (SSSR count). The number of hydrogen-bond acceptors (Lipinski definition) is 3. The lowest BCUT2D eigenvalue weighted by Crippen LogP contribution is -2.36. The van der Waals surface area contributed by atoms with Gasteiger partial charge in [0.05, 0.1) is 10.9 Å². The second kappa shape index (κ2) is 8.69. The fourth-order valence-corrected chi connectivity index (χ4v) is 2.86. The van der Waals surface area contributed by atoms with E-state index in [1.54, 1.807) is 18.2 Å². The third kappa shape index (κ3) is 6.42. The Bertz CT molecular complexity index is 635. The Hall–Kier alpha value is -1.86. The number of alkyl halides is 2. The molecule has 0 atom stereocenters. The van der Waals surface area contributed by atoms with Crippen LogP contribution in [0.4, 0.5) is 13.6 Å². The summed E-state index contributed by atoms with van der Waals surface area (Å²) >= 11 is 7.22. The minimum absolute atomic E-state index is 0.115. The number of urea groups is 1. The number of nitrogens with one attached hydrogen (secondary N) is 2. The first-order valence-electron chi connectivity index (χ1n) is 6.82. The summed E-state index contributed by atoms with van der Waals surface area (Å²) in [4.78, 5) is 12.6. The summed E-state index contributed by atoms with van der Waals surface area (Å²) < 4.78 is 29.0. The van der Waals surface area contributed by atoms with Crippen molar-refractivity contribution in [2.24, 2.45) is 0 Å². The van der Waals surface area contributed by atoms with E-state index in [1.165, 1.54) is 23.5 Å². The van der Waals surface area contributed by atoms with Crippen molar-refractivity contribution in [1.29, 1.82) is 0 Å². The largest absolute Gasteiger partial charge is 0.435 e. The number of rotatable bonds is 7. The summed E-state index contributed by atoms with van der Waals surface area (Å²) in [6, 6.07) is 9.69. The molecule has 8 heteroatoms. The van der Waals surface area contributed by atoms with Gasteiger partial charge in [-0.3, -0.25) is 0 Å². The van der Waals surface area contributed by atoms with Crippen LogP contribution < -0.4 is 15.4 Å². The average molecular weight is 361 g/mol. The first kappa shape index (κ1) is 17.5. The van der Waals surface area contributed by atoms with Crippen molar-refractivity contribution in [2.45, 2.75) is 19.6 Å². The first-order valence-corrected chi connectivity index (χ1v) is 8.02. The molecule has 0 saturated carbocycles. The lowest BCUT2D eigenvalue weighted by atomic mass is 10.1. The molecule has 2 N–H and O–H groups in total. The van der Waals surface area contributed by atoms with Crippen LogP contribution in [0.2, 0.25) is 4.34 Å². The number of hydrogen-bond donors (Lipinski definition) is 2. The van der Waals surface area contributed by atoms with E-state index in [0.29, 0.717) is 23.8 Å². The van der Waals surface area contributed by atoms with Gasteiger partial charge in [-0.1, -0.05) is 23.7 Å². The molecule has 1 aromatic carbocycles. The van der Waals surface area contributed by atoms with E-state index in [9.17, 15) is 13.6 Å². The molecule has 0 unspecified atom stereocenters. The van der Waals surface area contributed by atoms with Crippen molar-refractivity contribution < 1.29 is 18.3 Å². The molecular weight excluding hydrogens is 346 g/mol. The topological polar surface area (TPSA) is 50.4 Å². The number of benzene rings is 1. The van der Waals surface area contributed by atoms with Crippen LogP contribution in [0.1, 0.15) is 10.4 Å². The molecule has 2 aromatic rings. The third-order valence-corrected chi connectivity index (χ3v) is 4.13. The van der Waals surface area contributed by atoms with Gasteiger partial charge >= 0.3 is 12.6 Å². The molecule has 0 aliphatic rings. The molecule has 1 heterocycles. The zero-order valence-corrected chi connectivity index (χ0v) is 13.6. The predicted octanol–water partition coefficient (Wildman–Crippen LogP) is 4.04. The van der Waals surface area contributed by atoms with E-state index >= 15 is 0 Å². The Morgan fingerprint density at radius 3 is 2.52 bits per heavy atom. The molecule has 0 saturated heterocycles. The van der Waals surface area contributed by atoms with E-state index < -0.39 is 6.61 Å². The van der Waals surface area contributed by atoms with E-state index in [0.717, 1.165) is 10.4 Å². The van der Waals surface area contributed by atoms with Crippen molar-refractivity contribution in [3.8, 4) is 5.75 Å². The lowest BCUT2D eigenvalue weighted by molar-refractivity contribution is -0.0498. The van der Waals surface area contributed by atoms with Crippen molar-refractivity contribution in [1.82, 2.24) is 10.6 Å². The van der Waals surface area contributed by atoms with Crippen molar-refractivity contribution >= 4 is 29.0 Å². The number of thiophene rings is 1. The van der Waals surface area contributed by atoms with Gasteiger partial charge < -0.3 is 15.4 Å². The SMILES string of the molecule is O=C(NCCc1ccc(OC(F)F)cc1)NCc1ccc(Cl)s1. The highest BCUT2D eigenvalue weighted by Crippen LogP contribution is 2.20. The number of amides is 2. The standard InChI is InChI=1S/C15H15ClF2N2O2S/c16-13-6-5-12(23-13)9-20-15(21)19-8-7-10-1-3-11(4-2-10)22-14(17)18/h1-6,14H,7-9H2,(H2,19,20,21). The number of carbonyl (C=O) groups excluding carboxylic acids is 1. The van der Waals surface area contributed by atoms with Gasteiger partial charge in [0.1, 0.15) is 5.75 Å². The Balaban J connectivity index is 1.66. The summed E-state index contributed by atoms with van der Waals surface area (Å²) in [5.41, 5.74) is 0.914. The van der Waals surface area contributed by atoms with Crippen LogP contribution in [0.25, 0.3) is 0 Å². The Morgan fingerprint density at radius 1 is 1.17 bits per heavy atom. The van der Waals surface area contributed by atoms with Gasteiger partial charge in [0.25, 0.3) is 0 Å². The molecule has 1 aromatic heterocycles. The van der Waals surface area contributed by atoms with E-state index in [1.807, 2.05) is 6.07 Å². The van der Waals surface area contributed by atoms with Crippen LogP contribution in [0, 0.1) is 0 Å². The average Bonchev–Trinajstić information content (AvgIpc) is 2.92. The second-order valence-corrected chi connectivity index (χ2v) is 6.39. The second-order valence-electron chi connectivity index (χ2n) is 4.59. The molecule has 2 amide bonds. The van der Waals surface area contributed by atoms with Crippen LogP contribution in [0.15, 0.2) is 36.4 Å². The molecule has 0 aliphatic carbocycles. The quantitative estimate of drug-likeness (QED) is 0.782. The minimum Gasteiger partial charge on any atom is -0.435 e. The highest BCUT2D eigenvalue weighted by Gasteiger charge is 2.05. The normalized spacial score (nSPS) is 10.6. The Kier molecular flexibility index (Phi) is 6.61. The molecule has 4 nitrogen and oxygen atoms in total. The van der Waals surface area contributed by atoms with E-state index in [4.69, 9.17) is 11.6 Å². The van der Waals surface area contributed by atoms with Crippen LogP contribution in [-0.2, 0) is 13.0 Å². The lowest BCUT2D eigenvalue weighted by Gasteiger charge is -2.08. The van der Waals surface area contributed by atoms with Gasteiger partial charge in [0, 0.05) is 11.4 Å². The summed E-state index contributed by atoms with van der Waals surface area (Å²) in [7, 11) is 0. The highest BCUT2D eigenvalue weighted by atomic mass is 35.5. The maximum atomic E-state index is 12.0. The summed E-state index contributed by atoms with van der Waals surface area (Å²) in [5.74, 6) is 0.115. The van der Waals surface area contributed by atoms with Gasteiger partial charge in [-0.2, -0.15) is 8.78 Å². The molecule has 0 aliphatic heterocycles. The van der Waals surface area contributed by atoms with Gasteiger partial charge in [-0.15, -0.1) is 11.3 Å². The first-order chi connectivity index (χ1) is 11.0. The Labute approximate surface area is 141 Å². The van der Waals surface area contributed by atoms with Crippen molar-refractivity contribution in [3.05, 3.63) is 51.2 Å². The highest BCUT2D eigenvalue weighted by molar-refractivity contribution is 7.16. The molecule has 23 heavy (non-hydrogen) atoms. The van der Waals surface area contributed by atoms with Crippen molar-refractivity contribution in [3.63, 3.8) is 0 Å². The van der Waals surface area contributed by atoms with Gasteiger partial charge in [0.2, 0.25) is 0 Å². The van der Waals surface area contributed by atoms with Crippen LogP contribution >= 0.6 is 22.9 Å². The summed E-state index contributed by atoms with van der Waals surface area (Å²) in [6.07, 6.45) is 0.590. The number of halogens is 3. The Morgan fingerprint density at radius 2 is 1.91 bits per heavy atom. The van der Waals surface area contributed by atoms with E-state index in [-0.39, 0.29) is 11.8 Å². The minimum atomic E-state index is -2.83. The molecule has 124 valence electrons. The van der Waals surface area contributed by atoms with Crippen LogP contribution in [0.3, 0.4) is 0 Å². The van der Waals surface area contributed by atoms with Gasteiger partial charge in [-0.25, -0.2) is 4.79 Å². The molecule has 0 fully saturated rings. The zero-order valence-electron chi connectivity index (χ0n) is 12.0. The summed E-state index contributed by atoms with van der Waals surface area (Å²) in [6.45, 7) is -1.97. The van der Waals surface area contributed by atoms with Crippen LogP contribution in [0.5, 0.6) is 5.75 Å². The van der Waals surface area contributed by atoms with Crippen LogP contribution in [-0.4, -0.2) is 19.2 Å². The van der Waals surface area contributed by atoms with E-state index in [2.05, 4.69) is 15.4 Å². The molecule has 0 bridgehead atoms. The smallest absolute Gasteiger partial charge is 0.387 e.